The Bertz CT molecular complexity index is 785. The molecule has 0 saturated carbocycles. The average molecular weight is 434 g/mol. The van der Waals surface area contributed by atoms with E-state index in [-0.39, 0.29) is 6.04 Å². The molecule has 2 aromatic heterocycles. The molecular weight excluding hydrogens is 398 g/mol. The smallest absolute Gasteiger partial charge is 0.191 e. The maximum absolute atomic E-state index is 5.17. The third kappa shape index (κ3) is 5.80. The first-order valence-electron chi connectivity index (χ1n) is 10.9. The molecule has 0 saturated heterocycles. The van der Waals surface area contributed by atoms with Gasteiger partial charge in [-0.05, 0) is 48.8 Å². The van der Waals surface area contributed by atoms with Gasteiger partial charge < -0.3 is 15.4 Å². The van der Waals surface area contributed by atoms with Crippen molar-refractivity contribution in [1.29, 1.82) is 0 Å². The third-order valence-corrected chi connectivity index (χ3v) is 6.17. The molecule has 8 nitrogen and oxygen atoms in total. The highest BCUT2D eigenvalue weighted by Crippen LogP contribution is 2.23. The van der Waals surface area contributed by atoms with Crippen LogP contribution in [0.3, 0.4) is 0 Å². The van der Waals surface area contributed by atoms with Gasteiger partial charge >= 0.3 is 0 Å². The molecule has 2 atom stereocenters. The summed E-state index contributed by atoms with van der Waals surface area (Å²) in [6.07, 6.45) is 1.92. The molecule has 2 unspecified atom stereocenters. The molecule has 3 heterocycles. The van der Waals surface area contributed by atoms with Crippen LogP contribution in [0.1, 0.15) is 50.4 Å². The van der Waals surface area contributed by atoms with E-state index in [9.17, 15) is 0 Å². The Morgan fingerprint density at radius 2 is 2.23 bits per heavy atom. The number of hydrogen-bond donors (Lipinski definition) is 2. The number of fused-ring (bicyclic) bond motifs is 1. The van der Waals surface area contributed by atoms with Gasteiger partial charge in [-0.2, -0.15) is 16.4 Å². The molecule has 1 aliphatic heterocycles. The number of aromatic nitrogens is 3. The molecule has 2 N–H and O–H groups in total. The first-order valence-corrected chi connectivity index (χ1v) is 11.8. The number of rotatable bonds is 10. The summed E-state index contributed by atoms with van der Waals surface area (Å²) in [6.45, 7) is 11.4. The zero-order valence-corrected chi connectivity index (χ0v) is 19.4. The first kappa shape index (κ1) is 22.7. The number of guanidine groups is 1. The van der Waals surface area contributed by atoms with Gasteiger partial charge in [0.05, 0.1) is 19.1 Å². The van der Waals surface area contributed by atoms with Crippen molar-refractivity contribution in [3.63, 3.8) is 0 Å². The van der Waals surface area contributed by atoms with E-state index in [4.69, 9.17) is 9.73 Å². The normalized spacial score (nSPS) is 17.8. The van der Waals surface area contributed by atoms with Gasteiger partial charge in [0.15, 0.2) is 11.8 Å². The number of thiophene rings is 1. The first-order chi connectivity index (χ1) is 14.7. The lowest BCUT2D eigenvalue weighted by Crippen LogP contribution is -2.47. The summed E-state index contributed by atoms with van der Waals surface area (Å²) in [5.41, 5.74) is 1.35. The molecule has 0 aliphatic carbocycles. The Morgan fingerprint density at radius 1 is 1.40 bits per heavy atom. The van der Waals surface area contributed by atoms with Crippen molar-refractivity contribution in [2.75, 3.05) is 33.3 Å². The summed E-state index contributed by atoms with van der Waals surface area (Å²) in [4.78, 5) is 12.0. The van der Waals surface area contributed by atoms with Gasteiger partial charge in [-0.1, -0.05) is 13.8 Å². The maximum Gasteiger partial charge on any atom is 0.191 e. The van der Waals surface area contributed by atoms with Gasteiger partial charge in [0.2, 0.25) is 0 Å². The summed E-state index contributed by atoms with van der Waals surface area (Å²) >= 11 is 1.75. The number of nitrogens with zero attached hydrogens (tertiary/aromatic N) is 5. The number of aryl methyl sites for hydroxylation is 1. The highest BCUT2D eigenvalue weighted by Gasteiger charge is 2.23. The second-order valence-corrected chi connectivity index (χ2v) is 8.23. The van der Waals surface area contributed by atoms with Crippen molar-refractivity contribution in [2.24, 2.45) is 4.99 Å². The van der Waals surface area contributed by atoms with Crippen molar-refractivity contribution in [3.05, 3.63) is 34.0 Å². The molecule has 2 aromatic rings. The molecule has 166 valence electrons. The Hall–Kier alpha value is -1.97. The van der Waals surface area contributed by atoms with E-state index in [2.05, 4.69) is 63.2 Å². The summed E-state index contributed by atoms with van der Waals surface area (Å²) in [5, 5.41) is 16.0. The maximum atomic E-state index is 5.17. The number of methoxy groups -OCH3 is 1. The molecule has 9 heteroatoms. The molecule has 0 amide bonds. The van der Waals surface area contributed by atoms with Crippen LogP contribution < -0.4 is 10.6 Å². The van der Waals surface area contributed by atoms with Crippen LogP contribution in [0, 0.1) is 0 Å². The highest BCUT2D eigenvalue weighted by molar-refractivity contribution is 7.07. The fourth-order valence-electron chi connectivity index (χ4n) is 3.92. The summed E-state index contributed by atoms with van der Waals surface area (Å²) in [7, 11) is 1.67. The van der Waals surface area contributed by atoms with Gasteiger partial charge in [0.1, 0.15) is 12.4 Å². The lowest BCUT2D eigenvalue weighted by molar-refractivity contribution is 0.177. The van der Waals surface area contributed by atoms with Gasteiger partial charge in [0, 0.05) is 26.1 Å². The summed E-state index contributed by atoms with van der Waals surface area (Å²) < 4.78 is 7.17. The fourth-order valence-corrected chi connectivity index (χ4v) is 4.63. The summed E-state index contributed by atoms with van der Waals surface area (Å²) in [6, 6.07) is 2.79. The molecule has 0 fully saturated rings. The van der Waals surface area contributed by atoms with Crippen molar-refractivity contribution in [3.8, 4) is 0 Å². The zero-order chi connectivity index (χ0) is 21.3. The number of likely N-dealkylation sites (N-methyl/N-ethyl adjacent to an activating group) is 1. The number of ether oxygens (including phenoxy) is 1. The number of hydrogen-bond acceptors (Lipinski definition) is 6. The zero-order valence-electron chi connectivity index (χ0n) is 18.6. The van der Waals surface area contributed by atoms with Crippen LogP contribution in [0.15, 0.2) is 21.8 Å². The predicted molar refractivity (Wildman–Crippen MR) is 122 cm³/mol. The standard InChI is InChI=1S/C21H35N7OS/c1-5-22-21(23-12-18(27(6-2)7-3)16-10-11-30-15-16)24-17-8-9-20-25-19(14-29-4)26-28(20)13-17/h10-11,15,17-18H,5-9,12-14H2,1-4H3,(H2,22,23,24). The minimum atomic E-state index is 0.278. The van der Waals surface area contributed by atoms with Gasteiger partial charge in [-0.15, -0.1) is 0 Å². The molecule has 0 radical (unpaired) electrons. The van der Waals surface area contributed by atoms with Crippen LogP contribution in [-0.2, 0) is 24.3 Å². The predicted octanol–water partition coefficient (Wildman–Crippen LogP) is 2.44. The molecule has 0 spiro atoms. The largest absolute Gasteiger partial charge is 0.377 e. The van der Waals surface area contributed by atoms with Gasteiger partial charge in [0.25, 0.3) is 0 Å². The van der Waals surface area contributed by atoms with Crippen molar-refractivity contribution in [1.82, 2.24) is 30.3 Å². The van der Waals surface area contributed by atoms with E-state index in [0.29, 0.717) is 12.6 Å². The molecule has 3 rings (SSSR count). The molecule has 0 aromatic carbocycles. The lowest BCUT2D eigenvalue weighted by atomic mass is 10.1. The van der Waals surface area contributed by atoms with Crippen LogP contribution in [0.25, 0.3) is 0 Å². The molecule has 0 bridgehead atoms. The SMILES string of the molecule is CCNC(=NCC(c1ccsc1)N(CC)CC)NC1CCc2nc(COC)nn2C1. The Balaban J connectivity index is 1.67. The van der Waals surface area contributed by atoms with Crippen LogP contribution in [0.4, 0.5) is 0 Å². The minimum Gasteiger partial charge on any atom is -0.377 e. The monoisotopic (exact) mass is 433 g/mol. The van der Waals surface area contributed by atoms with Crippen molar-refractivity contribution in [2.45, 2.75) is 58.8 Å². The van der Waals surface area contributed by atoms with Crippen LogP contribution in [0.2, 0.25) is 0 Å². The summed E-state index contributed by atoms with van der Waals surface area (Å²) in [5.74, 6) is 2.67. The molecule has 30 heavy (non-hydrogen) atoms. The van der Waals surface area contributed by atoms with Crippen molar-refractivity contribution < 1.29 is 4.74 Å². The Kier molecular flexibility index (Phi) is 8.65. The van der Waals surface area contributed by atoms with Crippen LogP contribution in [-0.4, -0.2) is 65.0 Å². The second kappa shape index (κ2) is 11.4. The van der Waals surface area contributed by atoms with E-state index in [1.807, 2.05) is 4.68 Å². The van der Waals surface area contributed by atoms with E-state index < -0.39 is 0 Å². The second-order valence-electron chi connectivity index (χ2n) is 7.45. The van der Waals surface area contributed by atoms with Gasteiger partial charge in [-0.25, -0.2) is 9.67 Å². The molecular formula is C21H35N7OS. The van der Waals surface area contributed by atoms with E-state index in [1.54, 1.807) is 18.4 Å². The average Bonchev–Trinajstić information content (AvgIpc) is 3.40. The molecule has 1 aliphatic rings. The highest BCUT2D eigenvalue weighted by atomic mass is 32.1. The quantitative estimate of drug-likeness (QED) is 0.443. The van der Waals surface area contributed by atoms with Crippen molar-refractivity contribution >= 4 is 17.3 Å². The van der Waals surface area contributed by atoms with E-state index >= 15 is 0 Å². The van der Waals surface area contributed by atoms with Crippen LogP contribution in [0.5, 0.6) is 0 Å². The minimum absolute atomic E-state index is 0.278. The third-order valence-electron chi connectivity index (χ3n) is 5.46. The number of nitrogens with one attached hydrogen (secondary N) is 2. The number of aliphatic imine (C=N–C) groups is 1. The Morgan fingerprint density at radius 3 is 2.90 bits per heavy atom. The topological polar surface area (TPSA) is 79.6 Å². The van der Waals surface area contributed by atoms with E-state index in [0.717, 1.165) is 63.2 Å². The fraction of sp³-hybridized carbons (Fsp3) is 0.667. The van der Waals surface area contributed by atoms with E-state index in [1.165, 1.54) is 5.56 Å². The van der Waals surface area contributed by atoms with Crippen LogP contribution >= 0.6 is 11.3 Å². The Labute approximate surface area is 183 Å². The lowest BCUT2D eigenvalue weighted by Gasteiger charge is -2.29. The van der Waals surface area contributed by atoms with Gasteiger partial charge in [-0.3, -0.25) is 9.89 Å².